The molecule has 1 fully saturated rings. The van der Waals surface area contributed by atoms with Crippen molar-refractivity contribution in [2.45, 2.75) is 33.0 Å². The summed E-state index contributed by atoms with van der Waals surface area (Å²) in [4.78, 5) is 38.0. The normalized spacial score (nSPS) is 15.6. The quantitative estimate of drug-likeness (QED) is 0.296. The molecule has 0 spiro atoms. The molecule has 1 aliphatic heterocycles. The summed E-state index contributed by atoms with van der Waals surface area (Å²) in [6, 6.07) is 10.3. The van der Waals surface area contributed by atoms with E-state index < -0.39 is 23.7 Å². The molecule has 2 aromatic carbocycles. The smallest absolute Gasteiger partial charge is 0.326 e. The lowest BCUT2D eigenvalue weighted by atomic mass is 10.1. The van der Waals surface area contributed by atoms with E-state index in [0.29, 0.717) is 33.5 Å². The summed E-state index contributed by atoms with van der Waals surface area (Å²) in [5.41, 5.74) is 1.39. The van der Waals surface area contributed by atoms with Gasteiger partial charge >= 0.3 is 5.97 Å². The van der Waals surface area contributed by atoms with Crippen LogP contribution in [0.5, 0.6) is 11.5 Å². The zero-order valence-electron chi connectivity index (χ0n) is 18.8. The Morgan fingerprint density at radius 3 is 2.59 bits per heavy atom. The van der Waals surface area contributed by atoms with Crippen molar-refractivity contribution in [2.24, 2.45) is 0 Å². The summed E-state index contributed by atoms with van der Waals surface area (Å²) in [6.45, 7) is 3.40. The van der Waals surface area contributed by atoms with Crippen molar-refractivity contribution in [1.29, 1.82) is 0 Å². The van der Waals surface area contributed by atoms with Crippen LogP contribution in [0.2, 0.25) is 10.0 Å². The van der Waals surface area contributed by atoms with E-state index in [1.807, 2.05) is 6.92 Å². The van der Waals surface area contributed by atoms with Crippen molar-refractivity contribution in [3.05, 3.63) is 62.5 Å². The number of ether oxygens (including phenoxy) is 3. The molecule has 0 saturated carbocycles. The first-order chi connectivity index (χ1) is 16.2. The van der Waals surface area contributed by atoms with Gasteiger partial charge < -0.3 is 14.2 Å². The summed E-state index contributed by atoms with van der Waals surface area (Å²) >= 11 is 12.9. The number of amides is 2. The van der Waals surface area contributed by atoms with Gasteiger partial charge in [-0.1, -0.05) is 42.3 Å². The van der Waals surface area contributed by atoms with E-state index >= 15 is 0 Å². The van der Waals surface area contributed by atoms with Crippen molar-refractivity contribution in [3.8, 4) is 11.5 Å². The van der Waals surface area contributed by atoms with Gasteiger partial charge in [0.25, 0.3) is 11.1 Å². The topological polar surface area (TPSA) is 82.1 Å². The van der Waals surface area contributed by atoms with Crippen LogP contribution in [0.3, 0.4) is 0 Å². The number of hydrogen-bond donors (Lipinski definition) is 0. The van der Waals surface area contributed by atoms with Gasteiger partial charge in [-0.3, -0.25) is 19.3 Å². The zero-order valence-corrected chi connectivity index (χ0v) is 21.1. The van der Waals surface area contributed by atoms with Gasteiger partial charge in [-0.15, -0.1) is 0 Å². The first-order valence-corrected chi connectivity index (χ1v) is 12.0. The minimum Gasteiger partial charge on any atom is -0.493 e. The maximum Gasteiger partial charge on any atom is 0.326 e. The molecule has 0 aliphatic carbocycles. The van der Waals surface area contributed by atoms with E-state index in [1.54, 1.807) is 49.4 Å². The lowest BCUT2D eigenvalue weighted by Gasteiger charge is -2.15. The molecular formula is C24H23Cl2NO6S. The highest BCUT2D eigenvalue weighted by atomic mass is 35.5. The first-order valence-electron chi connectivity index (χ1n) is 10.4. The van der Waals surface area contributed by atoms with Gasteiger partial charge in [0.05, 0.1) is 18.1 Å². The van der Waals surface area contributed by atoms with Gasteiger partial charge in [-0.05, 0) is 61.0 Å². The van der Waals surface area contributed by atoms with Crippen molar-refractivity contribution < 1.29 is 28.6 Å². The van der Waals surface area contributed by atoms with Crippen LogP contribution < -0.4 is 9.47 Å². The monoisotopic (exact) mass is 523 g/mol. The molecule has 34 heavy (non-hydrogen) atoms. The molecule has 0 radical (unpaired) electrons. The zero-order chi connectivity index (χ0) is 24.8. The molecule has 0 bridgehead atoms. The third-order valence-corrected chi connectivity index (χ3v) is 6.45. The molecule has 7 nitrogen and oxygen atoms in total. The third-order valence-electron chi connectivity index (χ3n) is 4.95. The van der Waals surface area contributed by atoms with E-state index in [0.717, 1.165) is 22.2 Å². The molecule has 1 saturated heterocycles. The molecule has 1 atom stereocenters. The Bertz CT molecular complexity index is 1140. The van der Waals surface area contributed by atoms with Crippen LogP contribution in [0.1, 0.15) is 31.4 Å². The number of rotatable bonds is 9. The van der Waals surface area contributed by atoms with Crippen molar-refractivity contribution in [3.63, 3.8) is 0 Å². The Morgan fingerprint density at radius 2 is 1.91 bits per heavy atom. The Hall–Kier alpha value is -2.68. The molecular weight excluding hydrogens is 501 g/mol. The van der Waals surface area contributed by atoms with Crippen molar-refractivity contribution >= 4 is 58.2 Å². The van der Waals surface area contributed by atoms with Gasteiger partial charge in [0.15, 0.2) is 11.5 Å². The Labute approximate surface area is 211 Å². The Balaban J connectivity index is 1.71. The van der Waals surface area contributed by atoms with Crippen LogP contribution in [-0.4, -0.2) is 41.8 Å². The number of halogens is 2. The number of esters is 1. The highest BCUT2D eigenvalue weighted by Gasteiger charge is 2.36. The molecule has 0 unspecified atom stereocenters. The second-order valence-corrected chi connectivity index (χ2v) is 9.25. The minimum atomic E-state index is -0.623. The first kappa shape index (κ1) is 25.9. The number of nitrogens with zero attached hydrogens (tertiary/aromatic N) is 1. The fourth-order valence-electron chi connectivity index (χ4n) is 2.95. The predicted molar refractivity (Wildman–Crippen MR) is 132 cm³/mol. The van der Waals surface area contributed by atoms with Gasteiger partial charge in [-0.25, -0.2) is 0 Å². The summed E-state index contributed by atoms with van der Waals surface area (Å²) < 4.78 is 16.4. The van der Waals surface area contributed by atoms with Crippen LogP contribution in [0.4, 0.5) is 4.79 Å². The van der Waals surface area contributed by atoms with Crippen LogP contribution >= 0.6 is 35.0 Å². The van der Waals surface area contributed by atoms with Gasteiger partial charge in [0.2, 0.25) is 0 Å². The average molecular weight is 524 g/mol. The van der Waals surface area contributed by atoms with Gasteiger partial charge in [-0.2, -0.15) is 0 Å². The maximum atomic E-state index is 12.7. The van der Waals surface area contributed by atoms with Gasteiger partial charge in [0, 0.05) is 15.6 Å². The van der Waals surface area contributed by atoms with E-state index in [1.165, 1.54) is 7.11 Å². The Morgan fingerprint density at radius 1 is 1.15 bits per heavy atom. The second kappa shape index (κ2) is 11.6. The number of hydrogen-bond acceptors (Lipinski definition) is 7. The minimum absolute atomic E-state index is 0.199. The molecule has 0 aromatic heterocycles. The number of carbonyl (C=O) groups excluding carboxylic acids is 3. The molecule has 180 valence electrons. The maximum absolute atomic E-state index is 12.7. The molecule has 0 N–H and O–H groups in total. The third kappa shape index (κ3) is 6.46. The molecule has 3 rings (SSSR count). The van der Waals surface area contributed by atoms with Crippen LogP contribution in [0.15, 0.2) is 41.3 Å². The lowest BCUT2D eigenvalue weighted by Crippen LogP contribution is -2.35. The standard InChI is InChI=1S/C24H23Cl2NO6S/c1-4-14(2)33-22(28)12-27-23(29)21(34-24(27)30)10-15-5-8-19(20(9-15)31-3)32-13-16-6-7-17(25)11-18(16)26/h5-11,14H,4,12-13H2,1-3H3/b21-10+/t14-/m0/s1. The Kier molecular flexibility index (Phi) is 8.88. The number of benzene rings is 2. The van der Waals surface area contributed by atoms with Crippen LogP contribution in [-0.2, 0) is 20.9 Å². The summed E-state index contributed by atoms with van der Waals surface area (Å²) in [5.74, 6) is -0.253. The van der Waals surface area contributed by atoms with E-state index in [-0.39, 0.29) is 17.6 Å². The average Bonchev–Trinajstić information content (AvgIpc) is 3.06. The molecule has 2 amide bonds. The summed E-state index contributed by atoms with van der Waals surface area (Å²) in [7, 11) is 1.50. The van der Waals surface area contributed by atoms with Crippen LogP contribution in [0.25, 0.3) is 6.08 Å². The van der Waals surface area contributed by atoms with Gasteiger partial charge in [0.1, 0.15) is 13.2 Å². The fraction of sp³-hybridized carbons (Fsp3) is 0.292. The number of imide groups is 1. The number of methoxy groups -OCH3 is 1. The summed E-state index contributed by atoms with van der Waals surface area (Å²) in [5, 5.41) is 0.503. The van der Waals surface area contributed by atoms with E-state index in [2.05, 4.69) is 0 Å². The second-order valence-electron chi connectivity index (χ2n) is 7.41. The summed E-state index contributed by atoms with van der Waals surface area (Å²) in [6.07, 6.45) is 1.92. The molecule has 1 aliphatic rings. The van der Waals surface area contributed by atoms with Crippen LogP contribution in [0, 0.1) is 0 Å². The van der Waals surface area contributed by atoms with E-state index in [4.69, 9.17) is 37.4 Å². The fourth-order valence-corrected chi connectivity index (χ4v) is 4.25. The van der Waals surface area contributed by atoms with Crippen molar-refractivity contribution in [1.82, 2.24) is 4.90 Å². The number of thioether (sulfide) groups is 1. The van der Waals surface area contributed by atoms with E-state index in [9.17, 15) is 14.4 Å². The highest BCUT2D eigenvalue weighted by Crippen LogP contribution is 2.35. The lowest BCUT2D eigenvalue weighted by molar-refractivity contribution is -0.150. The van der Waals surface area contributed by atoms with Crippen molar-refractivity contribution in [2.75, 3.05) is 13.7 Å². The predicted octanol–water partition coefficient (Wildman–Crippen LogP) is 5.96. The number of carbonyl (C=O) groups is 3. The molecule has 2 aromatic rings. The molecule has 10 heteroatoms. The molecule has 1 heterocycles. The largest absolute Gasteiger partial charge is 0.493 e. The highest BCUT2D eigenvalue weighted by molar-refractivity contribution is 8.18. The SMILES string of the molecule is CC[C@H](C)OC(=O)CN1C(=O)S/C(=C/c2ccc(OCc3ccc(Cl)cc3Cl)c(OC)c2)C1=O.